The summed E-state index contributed by atoms with van der Waals surface area (Å²) in [5.41, 5.74) is 2.51. The molecule has 1 aromatic heterocycles. The molecule has 0 atom stereocenters. The lowest BCUT2D eigenvalue weighted by molar-refractivity contribution is 0.0559. The Hall–Kier alpha value is -2.51. The van der Waals surface area contributed by atoms with Crippen LogP contribution in [0.1, 0.15) is 18.4 Å². The molecular weight excluding hydrogens is 427 g/mol. The Morgan fingerprint density at radius 2 is 2.06 bits per heavy atom. The molecule has 3 aliphatic rings. The average Bonchev–Trinajstić information content (AvgIpc) is 2.90. The summed E-state index contributed by atoms with van der Waals surface area (Å²) in [6.07, 6.45) is 4.01. The zero-order valence-electron chi connectivity index (χ0n) is 18.1. The third-order valence-corrected chi connectivity index (χ3v) is 7.20. The molecule has 2 aromatic rings. The van der Waals surface area contributed by atoms with Crippen LogP contribution in [0.4, 0.5) is 15.9 Å². The third kappa shape index (κ3) is 3.99. The van der Waals surface area contributed by atoms with Crippen LogP contribution in [0.2, 0.25) is 5.02 Å². The number of alkyl halides is 1. The van der Waals surface area contributed by atoms with Crippen molar-refractivity contribution in [3.63, 3.8) is 0 Å². The van der Waals surface area contributed by atoms with Gasteiger partial charge in [0.1, 0.15) is 18.3 Å². The number of hydrogen-bond donors (Lipinski definition) is 0. The van der Waals surface area contributed by atoms with Crippen molar-refractivity contribution in [1.29, 1.82) is 0 Å². The number of pyridine rings is 1. The van der Waals surface area contributed by atoms with Crippen molar-refractivity contribution in [3.8, 4) is 0 Å². The molecule has 32 heavy (non-hydrogen) atoms. The first-order valence-electron chi connectivity index (χ1n) is 11.1. The molecule has 0 bridgehead atoms. The predicted octanol–water partition coefficient (Wildman–Crippen LogP) is 4.26. The fraction of sp³-hybridized carbons (Fsp3) is 0.458. The van der Waals surface area contributed by atoms with Crippen LogP contribution >= 0.6 is 11.6 Å². The number of anilines is 2. The first-order valence-corrected chi connectivity index (χ1v) is 11.5. The van der Waals surface area contributed by atoms with Crippen LogP contribution in [0.5, 0.6) is 0 Å². The van der Waals surface area contributed by atoms with Crippen molar-refractivity contribution in [3.05, 3.63) is 53.2 Å². The first kappa shape index (κ1) is 21.3. The molecule has 1 saturated heterocycles. The van der Waals surface area contributed by atoms with Gasteiger partial charge in [-0.15, -0.1) is 5.10 Å². The van der Waals surface area contributed by atoms with E-state index in [1.807, 2.05) is 30.5 Å². The molecule has 6 nitrogen and oxygen atoms in total. The van der Waals surface area contributed by atoms with Crippen molar-refractivity contribution in [2.75, 3.05) is 49.2 Å². The van der Waals surface area contributed by atoms with Gasteiger partial charge in [0.15, 0.2) is 0 Å². The van der Waals surface area contributed by atoms with E-state index in [1.54, 1.807) is 0 Å². The van der Waals surface area contributed by atoms with Crippen LogP contribution in [-0.4, -0.2) is 61.8 Å². The summed E-state index contributed by atoms with van der Waals surface area (Å²) in [4.78, 5) is 11.2. The fourth-order valence-electron chi connectivity index (χ4n) is 5.50. The number of fused-ring (bicyclic) bond motifs is 1. The minimum absolute atomic E-state index is 0.332. The van der Waals surface area contributed by atoms with Gasteiger partial charge in [0, 0.05) is 74.2 Å². The van der Waals surface area contributed by atoms with E-state index in [2.05, 4.69) is 48.7 Å². The molecule has 0 unspecified atom stereocenters. The lowest BCUT2D eigenvalue weighted by Crippen LogP contribution is -2.64. The van der Waals surface area contributed by atoms with Crippen LogP contribution in [0.15, 0.2) is 52.8 Å². The fourth-order valence-corrected chi connectivity index (χ4v) is 5.69. The SMILES string of the molecule is C=N/N=C(/C1CC2(C1)CN(c1ccccn1)C2)N1CCN(CCF)Cc2cc(Cl)ccc21. The molecule has 3 heterocycles. The van der Waals surface area contributed by atoms with E-state index in [4.69, 9.17) is 11.6 Å². The number of benzene rings is 1. The average molecular weight is 455 g/mol. The summed E-state index contributed by atoms with van der Waals surface area (Å²) >= 11 is 6.29. The van der Waals surface area contributed by atoms with E-state index < -0.39 is 0 Å². The monoisotopic (exact) mass is 454 g/mol. The largest absolute Gasteiger partial charge is 0.355 e. The van der Waals surface area contributed by atoms with Crippen LogP contribution < -0.4 is 9.80 Å². The van der Waals surface area contributed by atoms with Crippen molar-refractivity contribution in [2.45, 2.75) is 19.4 Å². The molecule has 8 heteroatoms. The van der Waals surface area contributed by atoms with E-state index in [9.17, 15) is 4.39 Å². The summed E-state index contributed by atoms with van der Waals surface area (Å²) in [5, 5.41) is 9.12. The Bertz CT molecular complexity index is 999. The number of nitrogens with zero attached hydrogens (tertiary/aromatic N) is 6. The quantitative estimate of drug-likeness (QED) is 0.385. The second kappa shape index (κ2) is 8.79. The van der Waals surface area contributed by atoms with Crippen molar-refractivity contribution in [1.82, 2.24) is 9.88 Å². The first-order chi connectivity index (χ1) is 15.6. The number of amidine groups is 1. The number of hydrogen-bond acceptors (Lipinski definition) is 5. The zero-order chi connectivity index (χ0) is 22.1. The van der Waals surface area contributed by atoms with Gasteiger partial charge in [0.2, 0.25) is 0 Å². The second-order valence-electron chi connectivity index (χ2n) is 9.14. The van der Waals surface area contributed by atoms with Crippen molar-refractivity contribution < 1.29 is 4.39 Å². The maximum absolute atomic E-state index is 13.1. The molecule has 168 valence electrons. The van der Waals surface area contributed by atoms with Crippen LogP contribution in [-0.2, 0) is 6.54 Å². The Morgan fingerprint density at radius 1 is 1.22 bits per heavy atom. The van der Waals surface area contributed by atoms with E-state index >= 15 is 0 Å². The predicted molar refractivity (Wildman–Crippen MR) is 129 cm³/mol. The Morgan fingerprint density at radius 3 is 2.78 bits per heavy atom. The van der Waals surface area contributed by atoms with Gasteiger partial charge in [-0.2, -0.15) is 5.10 Å². The summed E-state index contributed by atoms with van der Waals surface area (Å²) in [6.45, 7) is 7.95. The summed E-state index contributed by atoms with van der Waals surface area (Å²) in [6, 6.07) is 12.0. The Balaban J connectivity index is 1.33. The standard InChI is InChI=1S/C24H28ClFN6/c1-27-29-23(19-13-24(14-19)16-31(17-24)22-4-2-3-8-28-22)32-11-10-30(9-7-26)15-18-12-20(25)5-6-21(18)32/h2-6,8,12,19H,1,7,9-11,13-17H2/b29-23-. The second-order valence-corrected chi connectivity index (χ2v) is 9.58. The molecule has 1 aliphatic carbocycles. The third-order valence-electron chi connectivity index (χ3n) is 6.97. The van der Waals surface area contributed by atoms with Gasteiger partial charge >= 0.3 is 0 Å². The minimum atomic E-state index is -0.358. The number of aromatic nitrogens is 1. The highest BCUT2D eigenvalue weighted by Gasteiger charge is 2.54. The topological polar surface area (TPSA) is 47.3 Å². The highest BCUT2D eigenvalue weighted by molar-refractivity contribution is 6.30. The Labute approximate surface area is 193 Å². The van der Waals surface area contributed by atoms with Crippen LogP contribution in [0.3, 0.4) is 0 Å². The lowest BCUT2D eigenvalue weighted by atomic mass is 9.57. The molecule has 0 N–H and O–H groups in total. The molecule has 2 aliphatic heterocycles. The Kier molecular flexibility index (Phi) is 5.86. The van der Waals surface area contributed by atoms with Crippen LogP contribution in [0, 0.1) is 11.3 Å². The minimum Gasteiger partial charge on any atom is -0.355 e. The molecular formula is C24H28ClFN6. The van der Waals surface area contributed by atoms with Crippen LogP contribution in [0.25, 0.3) is 0 Å². The maximum atomic E-state index is 13.1. The highest BCUT2D eigenvalue weighted by Crippen LogP contribution is 2.53. The highest BCUT2D eigenvalue weighted by atomic mass is 35.5. The summed E-state index contributed by atoms with van der Waals surface area (Å²) in [5.74, 6) is 2.35. The van der Waals surface area contributed by atoms with E-state index in [1.165, 1.54) is 0 Å². The van der Waals surface area contributed by atoms with E-state index in [-0.39, 0.29) is 6.67 Å². The van der Waals surface area contributed by atoms with Gasteiger partial charge < -0.3 is 9.80 Å². The molecule has 0 radical (unpaired) electrons. The molecule has 0 amide bonds. The maximum Gasteiger partial charge on any atom is 0.135 e. The van der Waals surface area contributed by atoms with Gasteiger partial charge in [-0.05, 0) is 48.7 Å². The molecule has 1 saturated carbocycles. The molecule has 5 rings (SSSR count). The summed E-state index contributed by atoms with van der Waals surface area (Å²) in [7, 11) is 0. The molecule has 1 spiro atoms. The van der Waals surface area contributed by atoms with Gasteiger partial charge in [0.25, 0.3) is 0 Å². The van der Waals surface area contributed by atoms with Crippen molar-refractivity contribution >= 4 is 35.7 Å². The van der Waals surface area contributed by atoms with Gasteiger partial charge in [-0.25, -0.2) is 9.37 Å². The number of halogens is 2. The lowest BCUT2D eigenvalue weighted by Gasteiger charge is -2.60. The zero-order valence-corrected chi connectivity index (χ0v) is 18.9. The van der Waals surface area contributed by atoms with Gasteiger partial charge in [-0.1, -0.05) is 17.7 Å². The van der Waals surface area contributed by atoms with Gasteiger partial charge in [-0.3, -0.25) is 4.90 Å². The molecule has 2 fully saturated rings. The normalized spacial score (nSPS) is 21.0. The molecule has 1 aromatic carbocycles. The van der Waals surface area contributed by atoms with Gasteiger partial charge in [0.05, 0.1) is 0 Å². The summed E-state index contributed by atoms with van der Waals surface area (Å²) < 4.78 is 13.1. The van der Waals surface area contributed by atoms with E-state index in [0.717, 1.165) is 61.9 Å². The number of rotatable bonds is 5. The smallest absolute Gasteiger partial charge is 0.135 e. The van der Waals surface area contributed by atoms with Crippen molar-refractivity contribution in [2.24, 2.45) is 21.5 Å². The van der Waals surface area contributed by atoms with E-state index in [0.29, 0.717) is 29.4 Å².